The van der Waals surface area contributed by atoms with Gasteiger partial charge in [-0.15, -0.1) is 0 Å². The van der Waals surface area contributed by atoms with Gasteiger partial charge in [0, 0.05) is 6.42 Å². The molecule has 0 bridgehead atoms. The summed E-state index contributed by atoms with van der Waals surface area (Å²) in [5, 5.41) is 8.59. The summed E-state index contributed by atoms with van der Waals surface area (Å²) < 4.78 is 11.9. The van der Waals surface area contributed by atoms with E-state index in [2.05, 4.69) is 0 Å². The lowest BCUT2D eigenvalue weighted by atomic mass is 9.90. The van der Waals surface area contributed by atoms with Crippen molar-refractivity contribution in [2.75, 3.05) is 13.2 Å². The average Bonchev–Trinajstić information content (AvgIpc) is 2.12. The van der Waals surface area contributed by atoms with Gasteiger partial charge in [-0.2, -0.15) is 0 Å². The Hall–Kier alpha value is -0.640. The molecule has 0 fully saturated rings. The van der Waals surface area contributed by atoms with Crippen molar-refractivity contribution in [2.24, 2.45) is 17.6 Å². The highest BCUT2D eigenvalue weighted by Gasteiger charge is 2.14. The summed E-state index contributed by atoms with van der Waals surface area (Å²) in [5.74, 6) is -0.418. The molecule has 0 aromatic rings. The first-order chi connectivity index (χ1) is 6.60. The van der Waals surface area contributed by atoms with E-state index < -0.39 is 5.97 Å². The first kappa shape index (κ1) is 13.4. The molecule has 14 heavy (non-hydrogen) atoms. The molecule has 0 aliphatic rings. The lowest BCUT2D eigenvalue weighted by Crippen LogP contribution is -2.20. The zero-order valence-electron chi connectivity index (χ0n) is 8.71. The molecule has 0 amide bonds. The highest BCUT2D eigenvalue weighted by Crippen LogP contribution is 2.18. The zero-order chi connectivity index (χ0) is 11.0. The smallest absolute Gasteiger partial charge is 0.303 e. The van der Waals surface area contributed by atoms with Gasteiger partial charge in [-0.25, -0.2) is 0 Å². The fourth-order valence-electron chi connectivity index (χ4n) is 1.62. The van der Waals surface area contributed by atoms with Crippen LogP contribution in [-0.4, -0.2) is 24.3 Å². The molecule has 0 aromatic carbocycles. The van der Waals surface area contributed by atoms with Gasteiger partial charge in [0.2, 0.25) is 0 Å². The summed E-state index contributed by atoms with van der Waals surface area (Å²) in [6.07, 6.45) is 2.28. The van der Waals surface area contributed by atoms with Crippen LogP contribution in [0.2, 0.25) is 0 Å². The fourth-order valence-corrected chi connectivity index (χ4v) is 1.62. The number of carbonyl (C=O) groups is 1. The predicted octanol–water partition coefficient (Wildman–Crippen LogP) is 1.81. The molecular formula is C10H20FNO2. The number of halogens is 1. The third kappa shape index (κ3) is 6.83. The number of carboxylic acid groups (broad SMARTS) is 1. The number of rotatable bonds is 8. The van der Waals surface area contributed by atoms with E-state index >= 15 is 0 Å². The van der Waals surface area contributed by atoms with Gasteiger partial charge in [-0.3, -0.25) is 9.18 Å². The highest BCUT2D eigenvalue weighted by molar-refractivity contribution is 5.67. The van der Waals surface area contributed by atoms with Crippen molar-refractivity contribution < 1.29 is 14.3 Å². The zero-order valence-corrected chi connectivity index (χ0v) is 8.71. The van der Waals surface area contributed by atoms with Crippen molar-refractivity contribution in [1.82, 2.24) is 0 Å². The Labute approximate surface area is 84.5 Å². The van der Waals surface area contributed by atoms with E-state index in [0.29, 0.717) is 18.9 Å². The molecule has 3 N–H and O–H groups in total. The first-order valence-electron chi connectivity index (χ1n) is 5.08. The minimum absolute atomic E-state index is 0.0297. The van der Waals surface area contributed by atoms with E-state index in [1.807, 2.05) is 6.92 Å². The van der Waals surface area contributed by atoms with Gasteiger partial charge in [-0.1, -0.05) is 6.92 Å². The van der Waals surface area contributed by atoms with Gasteiger partial charge in [0.1, 0.15) is 0 Å². The van der Waals surface area contributed by atoms with Crippen LogP contribution in [0.1, 0.15) is 32.6 Å². The summed E-state index contributed by atoms with van der Waals surface area (Å²) in [4.78, 5) is 10.4. The summed E-state index contributed by atoms with van der Waals surface area (Å²) in [6.45, 7) is 2.11. The van der Waals surface area contributed by atoms with Gasteiger partial charge in [-0.05, 0) is 37.6 Å². The van der Waals surface area contributed by atoms with Crippen molar-refractivity contribution in [3.8, 4) is 0 Å². The van der Waals surface area contributed by atoms with E-state index in [4.69, 9.17) is 10.8 Å². The molecule has 0 radical (unpaired) electrons. The third-order valence-electron chi connectivity index (χ3n) is 2.36. The minimum atomic E-state index is -0.807. The third-order valence-corrected chi connectivity index (χ3v) is 2.36. The molecule has 0 saturated carbocycles. The molecule has 4 heteroatoms. The standard InChI is InChI=1S/C10H20FNO2/c1-8(3-2-4-11)5-9(7-12)6-10(13)14/h8-9H,2-7,12H2,1H3,(H,13,14)/t8?,9-/m0/s1. The normalized spacial score (nSPS) is 15.1. The second kappa shape index (κ2) is 7.74. The Morgan fingerprint density at radius 1 is 1.57 bits per heavy atom. The van der Waals surface area contributed by atoms with Crippen molar-refractivity contribution in [3.63, 3.8) is 0 Å². The van der Waals surface area contributed by atoms with Crippen LogP contribution in [0.5, 0.6) is 0 Å². The highest BCUT2D eigenvalue weighted by atomic mass is 19.1. The number of hydrogen-bond donors (Lipinski definition) is 2. The molecule has 3 nitrogen and oxygen atoms in total. The Kier molecular flexibility index (Phi) is 7.38. The van der Waals surface area contributed by atoms with Crippen LogP contribution in [-0.2, 0) is 4.79 Å². The Balaban J connectivity index is 3.73. The molecule has 0 aromatic heterocycles. The summed E-state index contributed by atoms with van der Waals surface area (Å²) >= 11 is 0. The van der Waals surface area contributed by atoms with E-state index in [0.717, 1.165) is 12.8 Å². The molecule has 2 atom stereocenters. The Bertz CT molecular complexity index is 164. The molecule has 84 valence electrons. The van der Waals surface area contributed by atoms with Gasteiger partial charge < -0.3 is 10.8 Å². The van der Waals surface area contributed by atoms with Crippen LogP contribution < -0.4 is 5.73 Å². The number of alkyl halides is 1. The predicted molar refractivity (Wildman–Crippen MR) is 53.8 cm³/mol. The van der Waals surface area contributed by atoms with Gasteiger partial charge in [0.05, 0.1) is 6.67 Å². The number of carboxylic acids is 1. The van der Waals surface area contributed by atoms with Crippen molar-refractivity contribution in [3.05, 3.63) is 0 Å². The molecular weight excluding hydrogens is 185 g/mol. The summed E-state index contributed by atoms with van der Waals surface area (Å²) in [6, 6.07) is 0. The fraction of sp³-hybridized carbons (Fsp3) is 0.900. The van der Waals surface area contributed by atoms with Crippen molar-refractivity contribution in [1.29, 1.82) is 0 Å². The maximum atomic E-state index is 11.9. The number of hydrogen-bond acceptors (Lipinski definition) is 2. The minimum Gasteiger partial charge on any atom is -0.481 e. The molecule has 0 saturated heterocycles. The lowest BCUT2D eigenvalue weighted by molar-refractivity contribution is -0.138. The summed E-state index contributed by atoms with van der Waals surface area (Å²) in [7, 11) is 0. The molecule has 0 rings (SSSR count). The molecule has 0 aliphatic heterocycles. The van der Waals surface area contributed by atoms with Gasteiger partial charge in [0.15, 0.2) is 0 Å². The quantitative estimate of drug-likeness (QED) is 0.635. The Morgan fingerprint density at radius 2 is 2.21 bits per heavy atom. The van der Waals surface area contributed by atoms with E-state index in [-0.39, 0.29) is 19.0 Å². The van der Waals surface area contributed by atoms with E-state index in [1.54, 1.807) is 0 Å². The lowest BCUT2D eigenvalue weighted by Gasteiger charge is -2.17. The van der Waals surface area contributed by atoms with Crippen LogP contribution in [0.15, 0.2) is 0 Å². The largest absolute Gasteiger partial charge is 0.481 e. The number of nitrogens with two attached hydrogens (primary N) is 1. The molecule has 0 spiro atoms. The van der Waals surface area contributed by atoms with Gasteiger partial charge in [0.25, 0.3) is 0 Å². The van der Waals surface area contributed by atoms with Gasteiger partial charge >= 0.3 is 5.97 Å². The monoisotopic (exact) mass is 205 g/mol. The van der Waals surface area contributed by atoms with Crippen molar-refractivity contribution >= 4 is 5.97 Å². The summed E-state index contributed by atoms with van der Waals surface area (Å²) in [5.41, 5.74) is 5.46. The van der Waals surface area contributed by atoms with Crippen LogP contribution >= 0.6 is 0 Å². The maximum absolute atomic E-state index is 11.9. The number of aliphatic carboxylic acids is 1. The topological polar surface area (TPSA) is 63.3 Å². The van der Waals surface area contributed by atoms with Crippen LogP contribution in [0.4, 0.5) is 4.39 Å². The van der Waals surface area contributed by atoms with Crippen molar-refractivity contribution in [2.45, 2.75) is 32.6 Å². The molecule has 0 aliphatic carbocycles. The second-order valence-corrected chi connectivity index (χ2v) is 3.87. The maximum Gasteiger partial charge on any atom is 0.303 e. The Morgan fingerprint density at radius 3 is 2.64 bits per heavy atom. The molecule has 1 unspecified atom stereocenters. The second-order valence-electron chi connectivity index (χ2n) is 3.87. The van der Waals surface area contributed by atoms with E-state index in [1.165, 1.54) is 0 Å². The average molecular weight is 205 g/mol. The first-order valence-corrected chi connectivity index (χ1v) is 5.08. The SMILES string of the molecule is CC(CCCF)C[C@H](CN)CC(=O)O. The van der Waals surface area contributed by atoms with Crippen LogP contribution in [0.3, 0.4) is 0 Å². The van der Waals surface area contributed by atoms with Crippen LogP contribution in [0, 0.1) is 11.8 Å². The molecule has 0 heterocycles. The van der Waals surface area contributed by atoms with Crippen LogP contribution in [0.25, 0.3) is 0 Å². The van der Waals surface area contributed by atoms with E-state index in [9.17, 15) is 9.18 Å².